The molecule has 1 aromatic carbocycles. The fourth-order valence-electron chi connectivity index (χ4n) is 1.18. The van der Waals surface area contributed by atoms with Crippen molar-refractivity contribution in [3.8, 4) is 5.75 Å². The number of benzene rings is 1. The highest BCUT2D eigenvalue weighted by Crippen LogP contribution is 2.16. The molecule has 1 aromatic rings. The van der Waals surface area contributed by atoms with Gasteiger partial charge in [0.25, 0.3) is 5.91 Å². The van der Waals surface area contributed by atoms with Gasteiger partial charge in [0, 0.05) is 0 Å². The van der Waals surface area contributed by atoms with E-state index in [1.54, 1.807) is 12.3 Å². The number of carbonyl (C=O) groups excluding carboxylic acids is 2. The molecule has 0 heterocycles. The Morgan fingerprint density at radius 1 is 1.37 bits per heavy atom. The van der Waals surface area contributed by atoms with Crippen molar-refractivity contribution in [1.29, 1.82) is 0 Å². The van der Waals surface area contributed by atoms with Crippen LogP contribution in [0.25, 0.3) is 0 Å². The Balaban J connectivity index is 2.45. The summed E-state index contributed by atoms with van der Waals surface area (Å²) in [5.41, 5.74) is 4.44. The van der Waals surface area contributed by atoms with Gasteiger partial charge in [-0.05, 0) is 25.3 Å². The fourth-order valence-corrected chi connectivity index (χ4v) is 1.52. The molecule has 0 aliphatic heterocycles. The maximum atomic E-state index is 13.3. The lowest BCUT2D eigenvalue weighted by Crippen LogP contribution is -2.47. The van der Waals surface area contributed by atoms with Crippen molar-refractivity contribution in [1.82, 2.24) is 10.9 Å². The summed E-state index contributed by atoms with van der Waals surface area (Å²) >= 11 is 1.33. The first-order valence-electron chi connectivity index (χ1n) is 5.53. The number of hydrazine groups is 1. The van der Waals surface area contributed by atoms with Crippen LogP contribution in [0.3, 0.4) is 0 Å². The second-order valence-corrected chi connectivity index (χ2v) is 4.53. The molecule has 7 heteroatoms. The van der Waals surface area contributed by atoms with Crippen LogP contribution in [-0.2, 0) is 9.59 Å². The van der Waals surface area contributed by atoms with Crippen LogP contribution in [0, 0.1) is 5.82 Å². The van der Waals surface area contributed by atoms with Gasteiger partial charge in [0.05, 0.1) is 5.75 Å². The van der Waals surface area contributed by atoms with Gasteiger partial charge in [0.1, 0.15) is 0 Å². The van der Waals surface area contributed by atoms with E-state index in [-0.39, 0.29) is 17.4 Å². The first-order valence-corrected chi connectivity index (χ1v) is 6.92. The molecule has 0 bridgehead atoms. The molecular weight excluding hydrogens is 271 g/mol. The van der Waals surface area contributed by atoms with Crippen LogP contribution < -0.4 is 15.6 Å². The Kier molecular flexibility index (Phi) is 6.14. The molecule has 0 aromatic heterocycles. The first kappa shape index (κ1) is 15.3. The summed E-state index contributed by atoms with van der Waals surface area (Å²) < 4.78 is 18.5. The molecule has 104 valence electrons. The summed E-state index contributed by atoms with van der Waals surface area (Å²) in [4.78, 5) is 22.7. The maximum Gasteiger partial charge on any atom is 0.279 e. The molecule has 1 unspecified atom stereocenters. The Morgan fingerprint density at radius 3 is 2.68 bits per heavy atom. The second kappa shape index (κ2) is 7.63. The molecule has 2 amide bonds. The van der Waals surface area contributed by atoms with Crippen molar-refractivity contribution >= 4 is 23.6 Å². The van der Waals surface area contributed by atoms with E-state index in [9.17, 15) is 14.0 Å². The standard InChI is InChI=1S/C12H15FN2O3S/c1-8(12(17)15-14-11(16)7-19-2)18-10-6-4-3-5-9(10)13/h3-6,8H,7H2,1-2H3,(H,14,16)(H,15,17). The van der Waals surface area contributed by atoms with E-state index in [1.165, 1.54) is 36.9 Å². The molecule has 19 heavy (non-hydrogen) atoms. The summed E-state index contributed by atoms with van der Waals surface area (Å²) in [6.45, 7) is 1.46. The van der Waals surface area contributed by atoms with Gasteiger partial charge < -0.3 is 4.74 Å². The monoisotopic (exact) mass is 286 g/mol. The van der Waals surface area contributed by atoms with E-state index >= 15 is 0 Å². The lowest BCUT2D eigenvalue weighted by atomic mass is 10.3. The number of nitrogens with one attached hydrogen (secondary N) is 2. The lowest BCUT2D eigenvalue weighted by molar-refractivity contribution is -0.132. The average molecular weight is 286 g/mol. The quantitative estimate of drug-likeness (QED) is 0.796. The minimum absolute atomic E-state index is 0.0133. The highest BCUT2D eigenvalue weighted by molar-refractivity contribution is 7.99. The van der Waals surface area contributed by atoms with Gasteiger partial charge in [0.2, 0.25) is 5.91 Å². The van der Waals surface area contributed by atoms with Crippen molar-refractivity contribution < 1.29 is 18.7 Å². The molecule has 0 aliphatic carbocycles. The first-order chi connectivity index (χ1) is 9.04. The second-order valence-electron chi connectivity index (χ2n) is 3.66. The maximum absolute atomic E-state index is 13.3. The number of hydrogen-bond donors (Lipinski definition) is 2. The van der Waals surface area contributed by atoms with Crippen LogP contribution >= 0.6 is 11.8 Å². The minimum atomic E-state index is -0.925. The van der Waals surface area contributed by atoms with Gasteiger partial charge in [-0.1, -0.05) is 12.1 Å². The zero-order chi connectivity index (χ0) is 14.3. The number of carbonyl (C=O) groups is 2. The number of rotatable bonds is 5. The number of amides is 2. The Hall–Kier alpha value is -1.76. The molecular formula is C12H15FN2O3S. The van der Waals surface area contributed by atoms with Crippen LogP contribution in [0.5, 0.6) is 5.75 Å². The minimum Gasteiger partial charge on any atom is -0.478 e. The topological polar surface area (TPSA) is 67.4 Å². The van der Waals surface area contributed by atoms with Crippen molar-refractivity contribution in [3.63, 3.8) is 0 Å². The molecule has 2 N–H and O–H groups in total. The fraction of sp³-hybridized carbons (Fsp3) is 0.333. The van der Waals surface area contributed by atoms with Gasteiger partial charge in [-0.2, -0.15) is 11.8 Å². The van der Waals surface area contributed by atoms with E-state index in [0.29, 0.717) is 0 Å². The van der Waals surface area contributed by atoms with E-state index < -0.39 is 17.8 Å². The van der Waals surface area contributed by atoms with E-state index in [2.05, 4.69) is 10.9 Å². The lowest BCUT2D eigenvalue weighted by Gasteiger charge is -2.15. The molecule has 0 saturated heterocycles. The van der Waals surface area contributed by atoms with Crippen LogP contribution in [0.15, 0.2) is 24.3 Å². The third-order valence-electron chi connectivity index (χ3n) is 2.11. The van der Waals surface area contributed by atoms with Gasteiger partial charge in [-0.15, -0.1) is 0 Å². The van der Waals surface area contributed by atoms with Crippen LogP contribution in [0.4, 0.5) is 4.39 Å². The van der Waals surface area contributed by atoms with Crippen LogP contribution in [-0.4, -0.2) is 29.9 Å². The van der Waals surface area contributed by atoms with Crippen molar-refractivity contribution in [2.45, 2.75) is 13.0 Å². The van der Waals surface area contributed by atoms with Gasteiger partial charge >= 0.3 is 0 Å². The number of ether oxygens (including phenoxy) is 1. The summed E-state index contributed by atoms with van der Waals surface area (Å²) in [6.07, 6.45) is 0.845. The zero-order valence-electron chi connectivity index (χ0n) is 10.6. The summed E-state index contributed by atoms with van der Waals surface area (Å²) in [7, 11) is 0. The van der Waals surface area contributed by atoms with Gasteiger partial charge in [-0.25, -0.2) is 4.39 Å². The predicted octanol–water partition coefficient (Wildman–Crippen LogP) is 1.10. The normalized spacial score (nSPS) is 11.5. The van der Waals surface area contributed by atoms with E-state index in [4.69, 9.17) is 4.74 Å². The van der Waals surface area contributed by atoms with Crippen molar-refractivity contribution in [2.24, 2.45) is 0 Å². The smallest absolute Gasteiger partial charge is 0.279 e. The van der Waals surface area contributed by atoms with Gasteiger partial charge in [-0.3, -0.25) is 20.4 Å². The number of para-hydroxylation sites is 1. The molecule has 0 saturated carbocycles. The zero-order valence-corrected chi connectivity index (χ0v) is 11.4. The third kappa shape index (κ3) is 5.17. The molecule has 1 rings (SSSR count). The van der Waals surface area contributed by atoms with Crippen molar-refractivity contribution in [2.75, 3.05) is 12.0 Å². The summed E-state index contributed by atoms with van der Waals surface area (Å²) in [5.74, 6) is -1.20. The third-order valence-corrected chi connectivity index (χ3v) is 2.66. The van der Waals surface area contributed by atoms with Crippen LogP contribution in [0.1, 0.15) is 6.92 Å². The number of thioether (sulfide) groups is 1. The highest BCUT2D eigenvalue weighted by Gasteiger charge is 2.16. The largest absolute Gasteiger partial charge is 0.478 e. The molecule has 0 fully saturated rings. The molecule has 1 atom stereocenters. The van der Waals surface area contributed by atoms with Crippen LogP contribution in [0.2, 0.25) is 0 Å². The Bertz CT molecular complexity index is 456. The molecule has 0 spiro atoms. The van der Waals surface area contributed by atoms with Gasteiger partial charge in [0.15, 0.2) is 17.7 Å². The molecule has 5 nitrogen and oxygen atoms in total. The Labute approximate surface area is 114 Å². The van der Waals surface area contributed by atoms with Crippen molar-refractivity contribution in [3.05, 3.63) is 30.1 Å². The number of halogens is 1. The summed E-state index contributed by atoms with van der Waals surface area (Å²) in [5, 5.41) is 0. The summed E-state index contributed by atoms with van der Waals surface area (Å²) in [6, 6.07) is 5.78. The average Bonchev–Trinajstić information content (AvgIpc) is 2.39. The SMILES string of the molecule is CSCC(=O)NNC(=O)C(C)Oc1ccccc1F. The number of hydrogen-bond acceptors (Lipinski definition) is 4. The van der Waals surface area contributed by atoms with E-state index in [1.807, 2.05) is 0 Å². The Morgan fingerprint density at radius 2 is 2.05 bits per heavy atom. The highest BCUT2D eigenvalue weighted by atomic mass is 32.2. The predicted molar refractivity (Wildman–Crippen MR) is 71.2 cm³/mol. The van der Waals surface area contributed by atoms with E-state index in [0.717, 1.165) is 0 Å². The molecule has 0 radical (unpaired) electrons. The molecule has 0 aliphatic rings.